The lowest BCUT2D eigenvalue weighted by molar-refractivity contribution is 0.289. The summed E-state index contributed by atoms with van der Waals surface area (Å²) in [4.78, 5) is 0. The van der Waals surface area contributed by atoms with Gasteiger partial charge in [0.05, 0.1) is 18.1 Å². The molecule has 1 aromatic carbocycles. The van der Waals surface area contributed by atoms with E-state index in [1.165, 1.54) is 11.3 Å². The number of aryl methyl sites for hydroxylation is 1. The molecule has 0 aliphatic heterocycles. The molecule has 0 atom stereocenters. The Hall–Kier alpha value is -1.00. The molecule has 2 rings (SSSR count). The van der Waals surface area contributed by atoms with E-state index in [0.717, 1.165) is 35.3 Å². The van der Waals surface area contributed by atoms with E-state index in [1.807, 2.05) is 28.9 Å². The van der Waals surface area contributed by atoms with Gasteiger partial charge in [-0.1, -0.05) is 29.8 Å². The van der Waals surface area contributed by atoms with E-state index in [4.69, 9.17) is 16.3 Å². The van der Waals surface area contributed by atoms with Crippen LogP contribution in [0.3, 0.4) is 0 Å². The number of aromatic nitrogens is 2. The molecule has 0 N–H and O–H groups in total. The van der Waals surface area contributed by atoms with Gasteiger partial charge in [0.2, 0.25) is 0 Å². The summed E-state index contributed by atoms with van der Waals surface area (Å²) in [6.45, 7) is 5.59. The summed E-state index contributed by atoms with van der Waals surface area (Å²) in [5.41, 5.74) is 3.51. The number of alkyl halides is 1. The first kappa shape index (κ1) is 16.4. The molecular formula is C16H20BrClN2O. The summed E-state index contributed by atoms with van der Waals surface area (Å²) < 4.78 is 8.85. The van der Waals surface area contributed by atoms with Crippen LogP contribution in [-0.2, 0) is 25.3 Å². The predicted octanol–water partition coefficient (Wildman–Crippen LogP) is 4.59. The fraction of sp³-hybridized carbons (Fsp3) is 0.438. The second kappa shape index (κ2) is 7.85. The monoisotopic (exact) mass is 370 g/mol. The van der Waals surface area contributed by atoms with Gasteiger partial charge in [-0.25, -0.2) is 0 Å². The van der Waals surface area contributed by atoms with Gasteiger partial charge in [0.25, 0.3) is 0 Å². The van der Waals surface area contributed by atoms with Gasteiger partial charge >= 0.3 is 0 Å². The van der Waals surface area contributed by atoms with Crippen LogP contribution in [0.4, 0.5) is 0 Å². The zero-order valence-electron chi connectivity index (χ0n) is 12.4. The van der Waals surface area contributed by atoms with Gasteiger partial charge in [-0.05, 0) is 37.1 Å². The van der Waals surface area contributed by atoms with Crippen molar-refractivity contribution in [1.82, 2.24) is 9.78 Å². The van der Waals surface area contributed by atoms with Gasteiger partial charge in [0, 0.05) is 15.7 Å². The maximum Gasteiger partial charge on any atom is 0.119 e. The molecule has 5 heteroatoms. The van der Waals surface area contributed by atoms with E-state index >= 15 is 0 Å². The molecule has 0 bridgehead atoms. The number of rotatable bonds is 7. The van der Waals surface area contributed by atoms with Crippen LogP contribution in [0.2, 0.25) is 0 Å². The molecular weight excluding hydrogens is 352 g/mol. The molecule has 0 unspecified atom stereocenters. The molecule has 0 fully saturated rings. The number of hydrogen-bond donors (Lipinski definition) is 0. The zero-order valence-corrected chi connectivity index (χ0v) is 14.7. The fourth-order valence-electron chi connectivity index (χ4n) is 2.39. The Bertz CT molecular complexity index is 581. The molecule has 2 aromatic rings. The van der Waals surface area contributed by atoms with Crippen LogP contribution < -0.4 is 4.74 Å². The highest BCUT2D eigenvalue weighted by atomic mass is 79.9. The Kier molecular flexibility index (Phi) is 6.12. The van der Waals surface area contributed by atoms with Gasteiger partial charge < -0.3 is 4.74 Å². The van der Waals surface area contributed by atoms with Crippen molar-refractivity contribution in [1.29, 1.82) is 0 Å². The van der Waals surface area contributed by atoms with E-state index in [0.29, 0.717) is 12.5 Å². The minimum atomic E-state index is 0.528. The molecule has 114 valence electrons. The minimum absolute atomic E-state index is 0.528. The molecule has 0 aliphatic rings. The zero-order chi connectivity index (χ0) is 15.2. The first-order valence-corrected chi connectivity index (χ1v) is 8.54. The SMILES string of the molecule is CCc1nn(CCOc2ccc(Br)cc2)c(CC)c1CCl. The largest absolute Gasteiger partial charge is 0.492 e. The van der Waals surface area contributed by atoms with E-state index in [9.17, 15) is 0 Å². The highest BCUT2D eigenvalue weighted by molar-refractivity contribution is 9.10. The van der Waals surface area contributed by atoms with Crippen molar-refractivity contribution in [2.75, 3.05) is 6.61 Å². The van der Waals surface area contributed by atoms with Crippen molar-refractivity contribution in [3.05, 3.63) is 45.7 Å². The lowest BCUT2D eigenvalue weighted by Gasteiger charge is -2.09. The molecule has 0 aliphatic carbocycles. The van der Waals surface area contributed by atoms with Crippen LogP contribution in [0.25, 0.3) is 0 Å². The minimum Gasteiger partial charge on any atom is -0.492 e. The molecule has 21 heavy (non-hydrogen) atoms. The van der Waals surface area contributed by atoms with Gasteiger partial charge in [0.1, 0.15) is 12.4 Å². The molecule has 3 nitrogen and oxygen atoms in total. The maximum absolute atomic E-state index is 6.06. The maximum atomic E-state index is 6.06. The second-order valence-corrected chi connectivity index (χ2v) is 5.92. The first-order valence-electron chi connectivity index (χ1n) is 7.21. The number of benzene rings is 1. The number of ether oxygens (including phenoxy) is 1. The number of halogens is 2. The normalized spacial score (nSPS) is 10.9. The highest BCUT2D eigenvalue weighted by Crippen LogP contribution is 2.19. The smallest absolute Gasteiger partial charge is 0.119 e. The van der Waals surface area contributed by atoms with Crippen LogP contribution in [0.1, 0.15) is 30.8 Å². The molecule has 0 amide bonds. The van der Waals surface area contributed by atoms with Crippen LogP contribution in [0.15, 0.2) is 28.7 Å². The van der Waals surface area contributed by atoms with E-state index in [2.05, 4.69) is 34.9 Å². The number of hydrogen-bond acceptors (Lipinski definition) is 2. The highest BCUT2D eigenvalue weighted by Gasteiger charge is 2.14. The van der Waals surface area contributed by atoms with Crippen molar-refractivity contribution < 1.29 is 4.74 Å². The van der Waals surface area contributed by atoms with Crippen LogP contribution >= 0.6 is 27.5 Å². The lowest BCUT2D eigenvalue weighted by atomic mass is 10.1. The van der Waals surface area contributed by atoms with Gasteiger partial charge in [-0.3, -0.25) is 4.68 Å². The molecule has 0 radical (unpaired) electrons. The third-order valence-electron chi connectivity index (χ3n) is 3.44. The van der Waals surface area contributed by atoms with Crippen LogP contribution in [0, 0.1) is 0 Å². The van der Waals surface area contributed by atoms with Gasteiger partial charge in [-0.15, -0.1) is 11.6 Å². The summed E-state index contributed by atoms with van der Waals surface area (Å²) >= 11 is 9.48. The Morgan fingerprint density at radius 2 is 1.90 bits per heavy atom. The van der Waals surface area contributed by atoms with Crippen molar-refractivity contribution in [3.63, 3.8) is 0 Å². The summed E-state index contributed by atoms with van der Waals surface area (Å²) in [6, 6.07) is 7.86. The fourth-order valence-corrected chi connectivity index (χ4v) is 2.96. The summed E-state index contributed by atoms with van der Waals surface area (Å²) in [5, 5.41) is 4.66. The summed E-state index contributed by atoms with van der Waals surface area (Å²) in [7, 11) is 0. The third-order valence-corrected chi connectivity index (χ3v) is 4.23. The molecule has 0 spiro atoms. The molecule has 0 saturated heterocycles. The Balaban J connectivity index is 2.02. The molecule has 0 saturated carbocycles. The third kappa shape index (κ3) is 4.01. The summed E-state index contributed by atoms with van der Waals surface area (Å²) in [6.07, 6.45) is 1.85. The van der Waals surface area contributed by atoms with Gasteiger partial charge in [-0.2, -0.15) is 5.10 Å². The second-order valence-electron chi connectivity index (χ2n) is 4.74. The lowest BCUT2D eigenvalue weighted by Crippen LogP contribution is -2.12. The Morgan fingerprint density at radius 1 is 1.19 bits per heavy atom. The average Bonchev–Trinajstić information content (AvgIpc) is 2.86. The van der Waals surface area contributed by atoms with Crippen LogP contribution in [0.5, 0.6) is 5.75 Å². The summed E-state index contributed by atoms with van der Waals surface area (Å²) in [5.74, 6) is 1.40. The first-order chi connectivity index (χ1) is 10.2. The van der Waals surface area contributed by atoms with E-state index < -0.39 is 0 Å². The predicted molar refractivity (Wildman–Crippen MR) is 90.2 cm³/mol. The topological polar surface area (TPSA) is 27.1 Å². The van der Waals surface area contributed by atoms with E-state index in [1.54, 1.807) is 0 Å². The van der Waals surface area contributed by atoms with Crippen molar-refractivity contribution in [2.24, 2.45) is 0 Å². The Morgan fingerprint density at radius 3 is 2.48 bits per heavy atom. The van der Waals surface area contributed by atoms with Gasteiger partial charge in [0.15, 0.2) is 0 Å². The standard InChI is InChI=1S/C16H20BrClN2O/c1-3-15-14(11-18)16(4-2)20(19-15)9-10-21-13-7-5-12(17)6-8-13/h5-8H,3-4,9-11H2,1-2H3. The molecule has 1 heterocycles. The van der Waals surface area contributed by atoms with E-state index in [-0.39, 0.29) is 0 Å². The average molecular weight is 372 g/mol. The molecule has 1 aromatic heterocycles. The number of nitrogens with zero attached hydrogens (tertiary/aromatic N) is 2. The quantitative estimate of drug-likeness (QED) is 0.666. The van der Waals surface area contributed by atoms with Crippen molar-refractivity contribution in [2.45, 2.75) is 39.1 Å². The Labute approximate surface area is 139 Å². The van der Waals surface area contributed by atoms with Crippen molar-refractivity contribution in [3.8, 4) is 5.75 Å². The van der Waals surface area contributed by atoms with Crippen LogP contribution in [-0.4, -0.2) is 16.4 Å². The van der Waals surface area contributed by atoms with Crippen molar-refractivity contribution >= 4 is 27.5 Å².